The number of rotatable bonds is 2. The van der Waals surface area contributed by atoms with E-state index in [-0.39, 0.29) is 16.4 Å². The molecule has 2 nitrogen and oxygen atoms in total. The van der Waals surface area contributed by atoms with Gasteiger partial charge in [-0.3, -0.25) is 4.79 Å². The van der Waals surface area contributed by atoms with Gasteiger partial charge in [0.05, 0.1) is 5.56 Å². The second kappa shape index (κ2) is 4.52. The van der Waals surface area contributed by atoms with E-state index in [4.69, 9.17) is 11.6 Å². The highest BCUT2D eigenvalue weighted by Gasteiger charge is 2.17. The Bertz CT molecular complexity index is 779. The molecule has 0 saturated heterocycles. The van der Waals surface area contributed by atoms with Crippen LogP contribution in [0.4, 0.5) is 4.39 Å². The number of para-hydroxylation sites is 1. The first kappa shape index (κ1) is 11.9. The van der Waals surface area contributed by atoms with E-state index in [1.165, 1.54) is 12.1 Å². The maximum atomic E-state index is 13.8. The fourth-order valence-electron chi connectivity index (χ4n) is 2.08. The second-order valence-electron chi connectivity index (χ2n) is 4.20. The van der Waals surface area contributed by atoms with Crippen molar-refractivity contribution in [3.8, 4) is 0 Å². The second-order valence-corrected chi connectivity index (χ2v) is 4.64. The molecule has 1 heterocycles. The number of hydrogen-bond acceptors (Lipinski definition) is 1. The topological polar surface area (TPSA) is 32.9 Å². The molecule has 0 unspecified atom stereocenters. The van der Waals surface area contributed by atoms with Gasteiger partial charge in [-0.25, -0.2) is 4.39 Å². The average molecular weight is 274 g/mol. The van der Waals surface area contributed by atoms with Crippen LogP contribution >= 0.6 is 11.6 Å². The maximum absolute atomic E-state index is 13.8. The predicted octanol–water partition coefficient (Wildman–Crippen LogP) is 4.19. The standard InChI is InChI=1S/C15H9ClFNO/c16-9-5-6-11(13(17)7-9)15(19)12-8-18-14-4-2-1-3-10(12)14/h1-8,18H. The van der Waals surface area contributed by atoms with Crippen LogP contribution in [0.5, 0.6) is 0 Å². The van der Waals surface area contributed by atoms with E-state index in [9.17, 15) is 9.18 Å². The molecule has 4 heteroatoms. The van der Waals surface area contributed by atoms with Crippen molar-refractivity contribution >= 4 is 28.3 Å². The molecule has 0 aliphatic carbocycles. The number of carbonyl (C=O) groups excluding carboxylic acids is 1. The minimum atomic E-state index is -0.609. The summed E-state index contributed by atoms with van der Waals surface area (Å²) in [6, 6.07) is 11.5. The Morgan fingerprint density at radius 2 is 1.89 bits per heavy atom. The Morgan fingerprint density at radius 1 is 1.11 bits per heavy atom. The molecular formula is C15H9ClFNO. The van der Waals surface area contributed by atoms with Crippen LogP contribution in [0, 0.1) is 5.82 Å². The van der Waals surface area contributed by atoms with Gasteiger partial charge in [0.2, 0.25) is 0 Å². The molecule has 0 bridgehead atoms. The number of carbonyl (C=O) groups is 1. The summed E-state index contributed by atoms with van der Waals surface area (Å²) in [5.74, 6) is -0.964. The van der Waals surface area contributed by atoms with Crippen LogP contribution in [0.1, 0.15) is 15.9 Å². The molecule has 3 rings (SSSR count). The Morgan fingerprint density at radius 3 is 2.68 bits per heavy atom. The van der Waals surface area contributed by atoms with E-state index in [1.54, 1.807) is 6.20 Å². The third-order valence-electron chi connectivity index (χ3n) is 3.01. The lowest BCUT2D eigenvalue weighted by molar-refractivity contribution is 0.103. The SMILES string of the molecule is O=C(c1ccc(Cl)cc1F)c1c[nH]c2ccccc12. The fraction of sp³-hybridized carbons (Fsp3) is 0. The van der Waals surface area contributed by atoms with Gasteiger partial charge in [-0.05, 0) is 24.3 Å². The summed E-state index contributed by atoms with van der Waals surface area (Å²) in [4.78, 5) is 15.4. The van der Waals surface area contributed by atoms with Crippen molar-refractivity contribution in [2.24, 2.45) is 0 Å². The zero-order valence-corrected chi connectivity index (χ0v) is 10.5. The van der Waals surface area contributed by atoms with Gasteiger partial charge < -0.3 is 4.98 Å². The third-order valence-corrected chi connectivity index (χ3v) is 3.24. The molecule has 0 radical (unpaired) electrons. The van der Waals surface area contributed by atoms with Gasteiger partial charge in [-0.2, -0.15) is 0 Å². The molecule has 0 amide bonds. The van der Waals surface area contributed by atoms with Gasteiger partial charge in [-0.15, -0.1) is 0 Å². The molecule has 1 aromatic heterocycles. The number of ketones is 1. The van der Waals surface area contributed by atoms with E-state index in [0.717, 1.165) is 17.0 Å². The summed E-state index contributed by atoms with van der Waals surface area (Å²) >= 11 is 5.68. The molecule has 0 atom stereocenters. The highest BCUT2D eigenvalue weighted by atomic mass is 35.5. The van der Waals surface area contributed by atoms with Crippen molar-refractivity contribution < 1.29 is 9.18 Å². The quantitative estimate of drug-likeness (QED) is 0.698. The number of nitrogens with one attached hydrogen (secondary N) is 1. The van der Waals surface area contributed by atoms with Gasteiger partial charge in [0.1, 0.15) is 5.82 Å². The highest BCUT2D eigenvalue weighted by Crippen LogP contribution is 2.23. The number of hydrogen-bond donors (Lipinski definition) is 1. The zero-order chi connectivity index (χ0) is 13.4. The third kappa shape index (κ3) is 2.02. The highest BCUT2D eigenvalue weighted by molar-refractivity contribution is 6.30. The molecule has 0 aliphatic rings. The lowest BCUT2D eigenvalue weighted by Gasteiger charge is -2.02. The first-order chi connectivity index (χ1) is 9.16. The fourth-order valence-corrected chi connectivity index (χ4v) is 2.24. The largest absolute Gasteiger partial charge is 0.360 e. The minimum absolute atomic E-state index is 0.0224. The normalized spacial score (nSPS) is 10.8. The first-order valence-corrected chi connectivity index (χ1v) is 6.10. The number of benzene rings is 2. The first-order valence-electron chi connectivity index (χ1n) is 5.72. The molecule has 0 fully saturated rings. The Labute approximate surface area is 113 Å². The monoisotopic (exact) mass is 273 g/mol. The van der Waals surface area contributed by atoms with Crippen molar-refractivity contribution in [1.29, 1.82) is 0 Å². The van der Waals surface area contributed by atoms with E-state index in [2.05, 4.69) is 4.98 Å². The van der Waals surface area contributed by atoms with Crippen LogP contribution < -0.4 is 0 Å². The smallest absolute Gasteiger partial charge is 0.198 e. The summed E-state index contributed by atoms with van der Waals surface area (Å²) in [5.41, 5.74) is 1.33. The van der Waals surface area contributed by atoms with Crippen LogP contribution in [-0.2, 0) is 0 Å². The summed E-state index contributed by atoms with van der Waals surface area (Å²) in [6.45, 7) is 0. The molecule has 1 N–H and O–H groups in total. The maximum Gasteiger partial charge on any atom is 0.198 e. The number of halogens is 2. The van der Waals surface area contributed by atoms with Crippen LogP contribution in [0.2, 0.25) is 5.02 Å². The number of H-pyrrole nitrogens is 1. The van der Waals surface area contributed by atoms with Crippen molar-refractivity contribution in [3.05, 3.63) is 70.6 Å². The number of aromatic amines is 1. The summed E-state index contributed by atoms with van der Waals surface area (Å²) in [7, 11) is 0. The predicted molar refractivity (Wildman–Crippen MR) is 73.1 cm³/mol. The van der Waals surface area contributed by atoms with Crippen LogP contribution in [0.3, 0.4) is 0 Å². The number of aromatic nitrogens is 1. The molecule has 2 aromatic carbocycles. The molecule has 3 aromatic rings. The summed E-state index contributed by atoms with van der Waals surface area (Å²) < 4.78 is 13.8. The molecule has 0 saturated carbocycles. The van der Waals surface area contributed by atoms with Gasteiger partial charge >= 0.3 is 0 Å². The van der Waals surface area contributed by atoms with Crippen molar-refractivity contribution in [2.45, 2.75) is 0 Å². The van der Waals surface area contributed by atoms with Crippen LogP contribution in [0.15, 0.2) is 48.7 Å². The van der Waals surface area contributed by atoms with Gasteiger partial charge in [0.15, 0.2) is 5.78 Å². The summed E-state index contributed by atoms with van der Waals surface area (Å²) in [5, 5.41) is 1.05. The van der Waals surface area contributed by atoms with Gasteiger partial charge in [0.25, 0.3) is 0 Å². The Balaban J connectivity index is 2.13. The zero-order valence-electron chi connectivity index (χ0n) is 9.78. The van der Waals surface area contributed by atoms with Crippen molar-refractivity contribution in [3.63, 3.8) is 0 Å². The Hall–Kier alpha value is -2.13. The number of fused-ring (bicyclic) bond motifs is 1. The van der Waals surface area contributed by atoms with Crippen LogP contribution in [0.25, 0.3) is 10.9 Å². The van der Waals surface area contributed by atoms with Gasteiger partial charge in [0, 0.05) is 27.7 Å². The minimum Gasteiger partial charge on any atom is -0.360 e. The molecule has 0 aliphatic heterocycles. The lowest BCUT2D eigenvalue weighted by Crippen LogP contribution is -2.03. The summed E-state index contributed by atoms with van der Waals surface area (Å²) in [6.07, 6.45) is 1.60. The Kier molecular flexibility index (Phi) is 2.84. The molecule has 0 spiro atoms. The molecule has 19 heavy (non-hydrogen) atoms. The lowest BCUT2D eigenvalue weighted by atomic mass is 10.0. The molecule has 94 valence electrons. The van der Waals surface area contributed by atoms with Crippen LogP contribution in [-0.4, -0.2) is 10.8 Å². The van der Waals surface area contributed by atoms with E-state index in [0.29, 0.717) is 5.56 Å². The molecular weight excluding hydrogens is 265 g/mol. The van der Waals surface area contributed by atoms with E-state index >= 15 is 0 Å². The van der Waals surface area contributed by atoms with Gasteiger partial charge in [-0.1, -0.05) is 29.8 Å². The average Bonchev–Trinajstić information content (AvgIpc) is 2.82. The van der Waals surface area contributed by atoms with Crippen molar-refractivity contribution in [2.75, 3.05) is 0 Å². The van der Waals surface area contributed by atoms with E-state index < -0.39 is 5.82 Å². The van der Waals surface area contributed by atoms with Crippen molar-refractivity contribution in [1.82, 2.24) is 4.98 Å². The van der Waals surface area contributed by atoms with E-state index in [1.807, 2.05) is 24.3 Å².